The van der Waals surface area contributed by atoms with Gasteiger partial charge in [-0.2, -0.15) is 0 Å². The zero-order valence-electron chi connectivity index (χ0n) is 16.3. The average Bonchev–Trinajstić information content (AvgIpc) is 2.72. The summed E-state index contributed by atoms with van der Waals surface area (Å²) in [6.07, 6.45) is 0.962. The molecule has 0 aliphatic carbocycles. The van der Waals surface area contributed by atoms with Gasteiger partial charge in [-0.25, -0.2) is 4.39 Å². The molecule has 0 heterocycles. The largest absolute Gasteiger partial charge is 0.356 e. The van der Waals surface area contributed by atoms with Crippen LogP contribution in [-0.2, 0) is 6.54 Å². The molecule has 0 saturated heterocycles. The molecular formula is C21H27FN4OS. The minimum atomic E-state index is -0.209. The van der Waals surface area contributed by atoms with Gasteiger partial charge in [-0.15, -0.1) is 11.8 Å². The molecule has 28 heavy (non-hydrogen) atoms. The third-order valence-electron chi connectivity index (χ3n) is 3.93. The molecule has 150 valence electrons. The van der Waals surface area contributed by atoms with E-state index >= 15 is 0 Å². The van der Waals surface area contributed by atoms with Crippen LogP contribution in [0.15, 0.2) is 58.4 Å². The molecule has 0 spiro atoms. The van der Waals surface area contributed by atoms with E-state index in [9.17, 15) is 9.18 Å². The molecule has 0 aliphatic heterocycles. The van der Waals surface area contributed by atoms with Crippen molar-refractivity contribution in [2.24, 2.45) is 4.99 Å². The van der Waals surface area contributed by atoms with E-state index in [0.29, 0.717) is 18.7 Å². The highest BCUT2D eigenvalue weighted by atomic mass is 32.2. The fraction of sp³-hybridized carbons (Fsp3) is 0.333. The fourth-order valence-electron chi connectivity index (χ4n) is 2.44. The third kappa shape index (κ3) is 7.60. The van der Waals surface area contributed by atoms with Crippen LogP contribution in [0.4, 0.5) is 4.39 Å². The SMILES string of the molecule is CCNC(=O)c1ccc(CNC(=NC)NCCCSc2ccc(F)cc2)cc1. The second kappa shape index (κ2) is 12.0. The van der Waals surface area contributed by atoms with E-state index in [1.165, 1.54) is 12.1 Å². The van der Waals surface area contributed by atoms with Crippen molar-refractivity contribution in [1.29, 1.82) is 0 Å². The molecule has 1 amide bonds. The summed E-state index contributed by atoms with van der Waals surface area (Å²) in [7, 11) is 1.74. The van der Waals surface area contributed by atoms with Crippen LogP contribution in [-0.4, -0.2) is 37.8 Å². The van der Waals surface area contributed by atoms with Gasteiger partial charge in [0.1, 0.15) is 5.82 Å². The van der Waals surface area contributed by atoms with Gasteiger partial charge in [0.05, 0.1) is 0 Å². The normalized spacial score (nSPS) is 11.2. The molecule has 0 bridgehead atoms. The lowest BCUT2D eigenvalue weighted by atomic mass is 10.1. The van der Waals surface area contributed by atoms with Crippen molar-refractivity contribution in [2.75, 3.05) is 25.9 Å². The first-order valence-corrected chi connectivity index (χ1v) is 10.3. The van der Waals surface area contributed by atoms with Gasteiger partial charge in [-0.3, -0.25) is 9.79 Å². The molecule has 0 aromatic heterocycles. The van der Waals surface area contributed by atoms with E-state index in [1.54, 1.807) is 30.9 Å². The molecule has 3 N–H and O–H groups in total. The van der Waals surface area contributed by atoms with E-state index < -0.39 is 0 Å². The van der Waals surface area contributed by atoms with Gasteiger partial charge in [-0.1, -0.05) is 12.1 Å². The number of nitrogens with one attached hydrogen (secondary N) is 3. The maximum Gasteiger partial charge on any atom is 0.251 e. The van der Waals surface area contributed by atoms with Crippen LogP contribution >= 0.6 is 11.8 Å². The van der Waals surface area contributed by atoms with Gasteiger partial charge >= 0.3 is 0 Å². The topological polar surface area (TPSA) is 65.5 Å². The molecule has 7 heteroatoms. The Hall–Kier alpha value is -2.54. The fourth-order valence-corrected chi connectivity index (χ4v) is 3.30. The second-order valence-corrected chi connectivity index (χ2v) is 7.23. The summed E-state index contributed by atoms with van der Waals surface area (Å²) in [6.45, 7) is 3.94. The number of rotatable bonds is 9. The van der Waals surface area contributed by atoms with E-state index in [2.05, 4.69) is 20.9 Å². The number of guanidine groups is 1. The van der Waals surface area contributed by atoms with Crippen molar-refractivity contribution in [3.8, 4) is 0 Å². The van der Waals surface area contributed by atoms with Crippen LogP contribution in [0.25, 0.3) is 0 Å². The summed E-state index contributed by atoms with van der Waals surface area (Å²) < 4.78 is 12.9. The number of carbonyl (C=O) groups excluding carboxylic acids is 1. The van der Waals surface area contributed by atoms with Gasteiger partial charge < -0.3 is 16.0 Å². The second-order valence-electron chi connectivity index (χ2n) is 6.06. The summed E-state index contributed by atoms with van der Waals surface area (Å²) in [4.78, 5) is 17.1. The third-order valence-corrected chi connectivity index (χ3v) is 5.03. The average molecular weight is 403 g/mol. The molecule has 0 aliphatic rings. The zero-order valence-corrected chi connectivity index (χ0v) is 17.1. The molecule has 2 aromatic carbocycles. The Morgan fingerprint density at radius 1 is 1.04 bits per heavy atom. The zero-order chi connectivity index (χ0) is 20.2. The minimum Gasteiger partial charge on any atom is -0.356 e. The van der Waals surface area contributed by atoms with E-state index in [-0.39, 0.29) is 11.7 Å². The van der Waals surface area contributed by atoms with Crippen molar-refractivity contribution in [2.45, 2.75) is 24.8 Å². The molecule has 0 atom stereocenters. The lowest BCUT2D eigenvalue weighted by Crippen LogP contribution is -2.37. The first-order chi connectivity index (χ1) is 13.6. The smallest absolute Gasteiger partial charge is 0.251 e. The van der Waals surface area contributed by atoms with E-state index in [1.807, 2.05) is 31.2 Å². The molecule has 0 unspecified atom stereocenters. The Bertz CT molecular complexity index is 763. The van der Waals surface area contributed by atoms with E-state index in [0.717, 1.165) is 35.1 Å². The highest BCUT2D eigenvalue weighted by Crippen LogP contribution is 2.18. The maximum atomic E-state index is 12.9. The number of hydrogen-bond acceptors (Lipinski definition) is 3. The summed E-state index contributed by atoms with van der Waals surface area (Å²) in [5.41, 5.74) is 1.73. The van der Waals surface area contributed by atoms with Gasteiger partial charge in [0.25, 0.3) is 5.91 Å². The van der Waals surface area contributed by atoms with Crippen LogP contribution in [0.5, 0.6) is 0 Å². The van der Waals surface area contributed by atoms with Crippen molar-refractivity contribution in [3.05, 3.63) is 65.5 Å². The highest BCUT2D eigenvalue weighted by molar-refractivity contribution is 7.99. The quantitative estimate of drug-likeness (QED) is 0.260. The molecule has 2 rings (SSSR count). The number of thioether (sulfide) groups is 1. The maximum absolute atomic E-state index is 12.9. The van der Waals surface area contributed by atoms with Crippen molar-refractivity contribution in [3.63, 3.8) is 0 Å². The van der Waals surface area contributed by atoms with Crippen LogP contribution in [0.2, 0.25) is 0 Å². The Kier molecular flexibility index (Phi) is 9.34. The number of carbonyl (C=O) groups is 1. The molecule has 5 nitrogen and oxygen atoms in total. The summed E-state index contributed by atoms with van der Waals surface area (Å²) in [5.74, 6) is 1.41. The lowest BCUT2D eigenvalue weighted by molar-refractivity contribution is 0.0956. The minimum absolute atomic E-state index is 0.0574. The summed E-state index contributed by atoms with van der Waals surface area (Å²) >= 11 is 1.71. The van der Waals surface area contributed by atoms with Crippen LogP contribution in [0, 0.1) is 5.82 Å². The molecule has 0 radical (unpaired) electrons. The molecule has 0 fully saturated rings. The van der Waals surface area contributed by atoms with Crippen LogP contribution in [0.3, 0.4) is 0 Å². The van der Waals surface area contributed by atoms with Gasteiger partial charge in [-0.05, 0) is 61.1 Å². The van der Waals surface area contributed by atoms with Gasteiger partial charge in [0, 0.05) is 37.1 Å². The highest BCUT2D eigenvalue weighted by Gasteiger charge is 2.04. The van der Waals surface area contributed by atoms with Crippen LogP contribution < -0.4 is 16.0 Å². The predicted octanol–water partition coefficient (Wildman–Crippen LogP) is 3.42. The Balaban J connectivity index is 1.67. The van der Waals surface area contributed by atoms with Gasteiger partial charge in [0.2, 0.25) is 0 Å². The Morgan fingerprint density at radius 2 is 1.75 bits per heavy atom. The Labute approximate surface area is 170 Å². The van der Waals surface area contributed by atoms with Crippen LogP contribution in [0.1, 0.15) is 29.3 Å². The lowest BCUT2D eigenvalue weighted by Gasteiger charge is -2.12. The monoisotopic (exact) mass is 402 g/mol. The number of halogens is 1. The number of benzene rings is 2. The number of amides is 1. The van der Waals surface area contributed by atoms with E-state index in [4.69, 9.17) is 0 Å². The van der Waals surface area contributed by atoms with Crippen molar-refractivity contribution < 1.29 is 9.18 Å². The van der Waals surface area contributed by atoms with Crippen molar-refractivity contribution >= 4 is 23.6 Å². The molecule has 2 aromatic rings. The summed E-state index contributed by atoms with van der Waals surface area (Å²) in [5, 5.41) is 9.33. The standard InChI is InChI=1S/C21H27FN4OS/c1-3-24-20(27)17-7-5-16(6-8-17)15-26-21(23-2)25-13-4-14-28-19-11-9-18(22)10-12-19/h5-12H,3-4,13-15H2,1-2H3,(H,24,27)(H2,23,25,26). The number of hydrogen-bond donors (Lipinski definition) is 3. The number of aliphatic imine (C=N–C) groups is 1. The first kappa shape index (κ1) is 21.8. The first-order valence-electron chi connectivity index (χ1n) is 9.32. The van der Waals surface area contributed by atoms with Crippen molar-refractivity contribution in [1.82, 2.24) is 16.0 Å². The Morgan fingerprint density at radius 3 is 2.39 bits per heavy atom. The molecular weight excluding hydrogens is 375 g/mol. The predicted molar refractivity (Wildman–Crippen MR) is 114 cm³/mol. The van der Waals surface area contributed by atoms with Gasteiger partial charge in [0.15, 0.2) is 5.96 Å². The summed E-state index contributed by atoms with van der Waals surface area (Å²) in [6, 6.07) is 14.1. The molecule has 0 saturated carbocycles. The number of nitrogens with zero attached hydrogens (tertiary/aromatic N) is 1.